The molecule has 0 aromatic heterocycles. The molecule has 1 rings (SSSR count). The molecule has 0 heterocycles. The van der Waals surface area contributed by atoms with Crippen molar-refractivity contribution in [1.82, 2.24) is 0 Å². The first-order valence-corrected chi connectivity index (χ1v) is 4.43. The fraction of sp³-hybridized carbons (Fsp3) is 0.300. The zero-order valence-corrected chi connectivity index (χ0v) is 8.03. The molecule has 0 saturated heterocycles. The van der Waals surface area contributed by atoms with E-state index in [2.05, 4.69) is 5.32 Å². The molecular weight excluding hydrogens is 180 g/mol. The Hall–Kier alpha value is -1.55. The number of rotatable bonds is 3. The van der Waals surface area contributed by atoms with Crippen molar-refractivity contribution in [3.63, 3.8) is 0 Å². The largest absolute Gasteiger partial charge is 0.506 e. The van der Waals surface area contributed by atoms with E-state index >= 15 is 0 Å². The lowest BCUT2D eigenvalue weighted by Crippen LogP contribution is -2.23. The summed E-state index contributed by atoms with van der Waals surface area (Å²) in [7, 11) is 0. The van der Waals surface area contributed by atoms with Gasteiger partial charge in [-0.15, -0.1) is 0 Å². The van der Waals surface area contributed by atoms with Crippen LogP contribution in [0.5, 0.6) is 5.75 Å². The van der Waals surface area contributed by atoms with Crippen LogP contribution in [0.2, 0.25) is 0 Å². The number of carbonyl (C=O) groups is 1. The van der Waals surface area contributed by atoms with Gasteiger partial charge in [-0.25, -0.2) is 0 Å². The Morgan fingerprint density at radius 3 is 2.79 bits per heavy atom. The van der Waals surface area contributed by atoms with Gasteiger partial charge in [0, 0.05) is 12.5 Å². The third-order valence-electron chi connectivity index (χ3n) is 1.69. The minimum Gasteiger partial charge on any atom is -0.506 e. The number of phenolic OH excluding ortho intramolecular Hbond substituents is 1. The topological polar surface area (TPSA) is 75.4 Å². The maximum atomic E-state index is 11.3. The van der Waals surface area contributed by atoms with Crippen LogP contribution in [0, 0.1) is 0 Å². The monoisotopic (exact) mass is 194 g/mol. The van der Waals surface area contributed by atoms with Crippen LogP contribution in [0.25, 0.3) is 0 Å². The maximum absolute atomic E-state index is 11.3. The molecule has 1 atom stereocenters. The Kier molecular flexibility index (Phi) is 3.48. The number of aromatic hydroxyl groups is 1. The molecule has 0 aliphatic heterocycles. The second-order valence-electron chi connectivity index (χ2n) is 3.25. The van der Waals surface area contributed by atoms with Gasteiger partial charge in [-0.2, -0.15) is 0 Å². The molecule has 0 bridgehead atoms. The smallest absolute Gasteiger partial charge is 0.226 e. The van der Waals surface area contributed by atoms with E-state index in [0.717, 1.165) is 0 Å². The first kappa shape index (κ1) is 10.5. The van der Waals surface area contributed by atoms with Crippen molar-refractivity contribution in [2.24, 2.45) is 5.73 Å². The van der Waals surface area contributed by atoms with Crippen molar-refractivity contribution in [1.29, 1.82) is 0 Å². The number of phenols is 1. The van der Waals surface area contributed by atoms with Gasteiger partial charge in [0.1, 0.15) is 5.75 Å². The van der Waals surface area contributed by atoms with Gasteiger partial charge in [0.25, 0.3) is 0 Å². The highest BCUT2D eigenvalue weighted by atomic mass is 16.3. The van der Waals surface area contributed by atoms with Crippen molar-refractivity contribution < 1.29 is 9.90 Å². The lowest BCUT2D eigenvalue weighted by molar-refractivity contribution is -0.116. The van der Waals surface area contributed by atoms with Crippen LogP contribution < -0.4 is 11.1 Å². The van der Waals surface area contributed by atoms with Gasteiger partial charge in [-0.3, -0.25) is 4.79 Å². The van der Waals surface area contributed by atoms with Crippen molar-refractivity contribution in [3.8, 4) is 5.75 Å². The first-order valence-electron chi connectivity index (χ1n) is 4.43. The van der Waals surface area contributed by atoms with E-state index in [9.17, 15) is 9.90 Å². The predicted molar refractivity (Wildman–Crippen MR) is 55.0 cm³/mol. The molecule has 0 fully saturated rings. The van der Waals surface area contributed by atoms with Crippen LogP contribution in [0.15, 0.2) is 24.3 Å². The summed E-state index contributed by atoms with van der Waals surface area (Å²) in [5.74, 6) is -0.132. The van der Waals surface area contributed by atoms with E-state index in [0.29, 0.717) is 5.69 Å². The molecule has 0 saturated carbocycles. The number of nitrogens with one attached hydrogen (secondary N) is 1. The van der Waals surface area contributed by atoms with Crippen molar-refractivity contribution in [3.05, 3.63) is 24.3 Å². The SMILES string of the molecule is CC(N)CC(=O)Nc1ccccc1O. The summed E-state index contributed by atoms with van der Waals surface area (Å²) in [5.41, 5.74) is 5.88. The molecule has 4 nitrogen and oxygen atoms in total. The molecule has 0 aliphatic carbocycles. The Labute approximate surface area is 82.7 Å². The fourth-order valence-corrected chi connectivity index (χ4v) is 1.07. The van der Waals surface area contributed by atoms with E-state index < -0.39 is 0 Å². The standard InChI is InChI=1S/C10H14N2O2/c1-7(11)6-10(14)12-8-4-2-3-5-9(8)13/h2-5,7,13H,6,11H2,1H3,(H,12,14). The van der Waals surface area contributed by atoms with Crippen molar-refractivity contribution >= 4 is 11.6 Å². The summed E-state index contributed by atoms with van der Waals surface area (Å²) in [6.45, 7) is 1.75. The van der Waals surface area contributed by atoms with Crippen LogP contribution in [0.3, 0.4) is 0 Å². The molecule has 0 aliphatic rings. The Morgan fingerprint density at radius 1 is 1.57 bits per heavy atom. The number of nitrogens with two attached hydrogens (primary N) is 1. The molecule has 1 aromatic rings. The van der Waals surface area contributed by atoms with Gasteiger partial charge in [0.2, 0.25) is 5.91 Å². The van der Waals surface area contributed by atoms with E-state index in [-0.39, 0.29) is 24.1 Å². The number of anilines is 1. The molecule has 14 heavy (non-hydrogen) atoms. The maximum Gasteiger partial charge on any atom is 0.226 e. The summed E-state index contributed by atoms with van der Waals surface area (Å²) in [6.07, 6.45) is 0.244. The third-order valence-corrected chi connectivity index (χ3v) is 1.69. The molecule has 76 valence electrons. The number of hydrogen-bond acceptors (Lipinski definition) is 3. The van der Waals surface area contributed by atoms with Crippen molar-refractivity contribution in [2.75, 3.05) is 5.32 Å². The van der Waals surface area contributed by atoms with Crippen LogP contribution in [-0.4, -0.2) is 17.1 Å². The molecule has 0 radical (unpaired) electrons. The number of carbonyl (C=O) groups excluding carboxylic acids is 1. The predicted octanol–water partition coefficient (Wildman–Crippen LogP) is 1.07. The zero-order valence-electron chi connectivity index (χ0n) is 8.03. The van der Waals surface area contributed by atoms with Crippen LogP contribution in [0.1, 0.15) is 13.3 Å². The molecule has 1 amide bonds. The molecule has 1 aromatic carbocycles. The minimum atomic E-state index is -0.193. The van der Waals surface area contributed by atoms with E-state index in [1.54, 1.807) is 25.1 Å². The van der Waals surface area contributed by atoms with Gasteiger partial charge in [0.05, 0.1) is 5.69 Å². The second kappa shape index (κ2) is 4.62. The third kappa shape index (κ3) is 3.06. The Morgan fingerprint density at radius 2 is 2.21 bits per heavy atom. The Bertz CT molecular complexity index is 324. The van der Waals surface area contributed by atoms with Gasteiger partial charge < -0.3 is 16.2 Å². The highest BCUT2D eigenvalue weighted by molar-refractivity contribution is 5.92. The van der Waals surface area contributed by atoms with Gasteiger partial charge in [-0.05, 0) is 19.1 Å². The van der Waals surface area contributed by atoms with E-state index in [1.807, 2.05) is 0 Å². The lowest BCUT2D eigenvalue weighted by Gasteiger charge is -2.08. The summed E-state index contributed by atoms with van der Waals surface area (Å²) in [6, 6.07) is 6.40. The summed E-state index contributed by atoms with van der Waals surface area (Å²) in [4.78, 5) is 11.3. The fourth-order valence-electron chi connectivity index (χ4n) is 1.07. The Balaban J connectivity index is 2.61. The number of benzene rings is 1. The summed E-state index contributed by atoms with van der Waals surface area (Å²) < 4.78 is 0. The molecule has 4 heteroatoms. The first-order chi connectivity index (χ1) is 6.59. The molecule has 0 spiro atoms. The van der Waals surface area contributed by atoms with E-state index in [1.165, 1.54) is 6.07 Å². The molecule has 1 unspecified atom stereocenters. The van der Waals surface area contributed by atoms with Crippen LogP contribution >= 0.6 is 0 Å². The zero-order chi connectivity index (χ0) is 10.6. The summed E-state index contributed by atoms with van der Waals surface area (Å²) >= 11 is 0. The van der Waals surface area contributed by atoms with Gasteiger partial charge in [-0.1, -0.05) is 12.1 Å². The molecular formula is C10H14N2O2. The molecule has 4 N–H and O–H groups in total. The van der Waals surface area contributed by atoms with Crippen molar-refractivity contribution in [2.45, 2.75) is 19.4 Å². The van der Waals surface area contributed by atoms with Crippen LogP contribution in [-0.2, 0) is 4.79 Å². The number of para-hydroxylation sites is 2. The summed E-state index contributed by atoms with van der Waals surface area (Å²) in [5, 5.41) is 11.9. The van der Waals surface area contributed by atoms with E-state index in [4.69, 9.17) is 5.73 Å². The highest BCUT2D eigenvalue weighted by Gasteiger charge is 2.07. The quantitative estimate of drug-likeness (QED) is 0.630. The number of amides is 1. The normalized spacial score (nSPS) is 12.1. The minimum absolute atomic E-state index is 0.0607. The average Bonchev–Trinajstić information content (AvgIpc) is 2.07. The van der Waals surface area contributed by atoms with Gasteiger partial charge >= 0.3 is 0 Å². The number of hydrogen-bond donors (Lipinski definition) is 3. The average molecular weight is 194 g/mol. The van der Waals surface area contributed by atoms with Gasteiger partial charge in [0.15, 0.2) is 0 Å². The van der Waals surface area contributed by atoms with Crippen LogP contribution in [0.4, 0.5) is 5.69 Å². The second-order valence-corrected chi connectivity index (χ2v) is 3.25. The lowest BCUT2D eigenvalue weighted by atomic mass is 10.2. The highest BCUT2D eigenvalue weighted by Crippen LogP contribution is 2.21.